The second kappa shape index (κ2) is 32.3. The summed E-state index contributed by atoms with van der Waals surface area (Å²) in [6.45, 7) is 9.78. The maximum absolute atomic E-state index is 14.4. The minimum Gasteiger partial charge on any atom is -0.444 e. The van der Waals surface area contributed by atoms with Crippen LogP contribution < -0.4 is 42.1 Å². The minimum absolute atomic E-state index is 0. The fourth-order valence-corrected chi connectivity index (χ4v) is 11.7. The molecule has 4 aromatic carbocycles. The number of benzene rings is 4. The van der Waals surface area contributed by atoms with Gasteiger partial charge in [-0.15, -0.1) is 0 Å². The van der Waals surface area contributed by atoms with Crippen molar-refractivity contribution in [1.29, 1.82) is 21.0 Å². The van der Waals surface area contributed by atoms with Crippen LogP contribution in [0.1, 0.15) is 96.9 Å². The Labute approximate surface area is 579 Å². The van der Waals surface area contributed by atoms with Gasteiger partial charge in [0.2, 0.25) is 0 Å². The van der Waals surface area contributed by atoms with E-state index < -0.39 is 97.3 Å². The summed E-state index contributed by atoms with van der Waals surface area (Å²) < 4.78 is 121. The maximum Gasteiger partial charge on any atom is 0.407 e. The Bertz CT molecular complexity index is 4280. The van der Waals surface area contributed by atoms with Gasteiger partial charge in [0.25, 0.3) is 23.7 Å². The highest BCUT2D eigenvalue weighted by atomic mass is 79.9. The number of carbonyl (C=O) groups excluding carboxylic acids is 2. The quantitative estimate of drug-likeness (QED) is 0.0999. The first-order valence-electron chi connectivity index (χ1n) is 30.8. The zero-order valence-corrected chi connectivity index (χ0v) is 56.0. The number of rotatable bonds is 5. The predicted molar refractivity (Wildman–Crippen MR) is 361 cm³/mol. The van der Waals surface area contributed by atoms with Crippen molar-refractivity contribution in [2.24, 2.45) is 11.5 Å². The molecule has 0 saturated carbocycles. The van der Waals surface area contributed by atoms with Crippen LogP contribution >= 0.6 is 15.9 Å². The highest BCUT2D eigenvalue weighted by molar-refractivity contribution is 9.10. The van der Waals surface area contributed by atoms with Crippen molar-refractivity contribution in [1.82, 2.24) is 55.8 Å². The standard InChI is InChI=1S/C19H21F2N5O2.2C14H13F2N5.C10H18F2N2O2.C9H4BrN3.CH4/c1-18(2,3)28-17(27)25-13-8-19(20,21)11-26(10-13)14-5-4-12(9-22)15-16(14)24-7-6-23-15;2*15-14(16)5-10(18)7-21(8-14)11-2-1-9(6-17)12-13(11)20-4-3-19-12;1-9(2,3)16-8(15)14-7-4-10(11,12)6-13-5-7;10-7-2-1-6(5-11)8-9(7)13-4-3-12-8;/h4-7,13H,8,10-11H2,1-3H3,(H,25,27);2*1-4,10H,5,7-8,18H2;7,13H,4-6H2,1-3H3,(H,14,15);1-4H;1H4. The number of nitrogens with one attached hydrogen (secondary N) is 3. The summed E-state index contributed by atoms with van der Waals surface area (Å²) in [5.41, 5.74) is 17.0. The third-order valence-corrected chi connectivity index (χ3v) is 15.6. The molecule has 12 rings (SSSR count). The topological polar surface area (TPSA) is 349 Å². The zero-order chi connectivity index (χ0) is 72.3. The molecule has 0 aliphatic carbocycles. The molecule has 0 radical (unpaired) electrons. The third kappa shape index (κ3) is 21.0. The molecule has 4 atom stereocenters. The molecule has 528 valence electrons. The number of nitrogens with two attached hydrogens (primary N) is 2. The smallest absolute Gasteiger partial charge is 0.407 e. The summed E-state index contributed by atoms with van der Waals surface area (Å²) in [5, 5.41) is 43.7. The van der Waals surface area contributed by atoms with Gasteiger partial charge in [-0.1, -0.05) is 7.43 Å². The van der Waals surface area contributed by atoms with Gasteiger partial charge in [0.15, 0.2) is 0 Å². The van der Waals surface area contributed by atoms with Crippen LogP contribution in [0, 0.1) is 45.3 Å². The van der Waals surface area contributed by atoms with Crippen molar-refractivity contribution in [3.63, 3.8) is 0 Å². The van der Waals surface area contributed by atoms with Crippen LogP contribution in [0.3, 0.4) is 0 Å². The Morgan fingerprint density at radius 3 is 1.12 bits per heavy atom. The third-order valence-electron chi connectivity index (χ3n) is 14.9. The molecular formula is C67H73BrF8N20O4. The summed E-state index contributed by atoms with van der Waals surface area (Å²) in [5.74, 6) is -11.4. The lowest BCUT2D eigenvalue weighted by atomic mass is 10.0. The molecule has 2 amide bonds. The van der Waals surface area contributed by atoms with Gasteiger partial charge in [0, 0.05) is 118 Å². The predicted octanol–water partition coefficient (Wildman–Crippen LogP) is 11.0. The van der Waals surface area contributed by atoms with E-state index in [1.165, 1.54) is 57.9 Å². The van der Waals surface area contributed by atoms with Gasteiger partial charge in [0.1, 0.15) is 79.6 Å². The highest BCUT2D eigenvalue weighted by Crippen LogP contribution is 2.37. The maximum atomic E-state index is 14.4. The van der Waals surface area contributed by atoms with E-state index >= 15 is 0 Å². The monoisotopic (exact) mass is 1450 g/mol. The number of halogens is 9. The van der Waals surface area contributed by atoms with Crippen LogP contribution in [-0.2, 0) is 9.47 Å². The minimum atomic E-state index is -3.01. The molecule has 4 saturated heterocycles. The van der Waals surface area contributed by atoms with Crippen LogP contribution in [0.15, 0.2) is 103 Å². The number of alkyl halides is 8. The molecule has 7 N–H and O–H groups in total. The first-order chi connectivity index (χ1) is 46.6. The van der Waals surface area contributed by atoms with E-state index in [1.807, 2.05) is 18.2 Å². The first-order valence-corrected chi connectivity index (χ1v) is 31.6. The lowest BCUT2D eigenvalue weighted by Crippen LogP contribution is -2.56. The molecule has 0 bridgehead atoms. The zero-order valence-electron chi connectivity index (χ0n) is 54.4. The van der Waals surface area contributed by atoms with E-state index in [4.69, 9.17) is 36.7 Å². The number of ether oxygens (including phenoxy) is 2. The molecule has 4 aliphatic heterocycles. The number of hydrogen-bond donors (Lipinski definition) is 5. The number of fused-ring (bicyclic) bond motifs is 4. The van der Waals surface area contributed by atoms with E-state index in [1.54, 1.807) is 96.4 Å². The van der Waals surface area contributed by atoms with Crippen molar-refractivity contribution in [3.8, 4) is 24.3 Å². The van der Waals surface area contributed by atoms with Crippen molar-refractivity contribution >= 4 is 89.3 Å². The van der Waals surface area contributed by atoms with Gasteiger partial charge in [-0.05, 0) is 106 Å². The lowest BCUT2D eigenvalue weighted by molar-refractivity contribution is -0.0324. The van der Waals surface area contributed by atoms with Gasteiger partial charge < -0.3 is 51.6 Å². The number of hydrogen-bond acceptors (Lipinski definition) is 22. The fourth-order valence-electron chi connectivity index (χ4n) is 11.3. The van der Waals surface area contributed by atoms with Crippen LogP contribution in [-0.4, -0.2) is 163 Å². The van der Waals surface area contributed by atoms with E-state index in [2.05, 4.69) is 77.8 Å². The number of nitrogens with zero attached hydrogens (tertiary/aromatic N) is 15. The number of carbonyl (C=O) groups is 2. The first kappa shape index (κ1) is 77.3. The second-order valence-corrected chi connectivity index (χ2v) is 26.5. The molecule has 4 unspecified atom stereocenters. The number of aromatic nitrogens is 8. The molecule has 0 spiro atoms. The van der Waals surface area contributed by atoms with Gasteiger partial charge >= 0.3 is 12.2 Å². The number of alkyl carbamates (subject to hydrolysis) is 2. The van der Waals surface area contributed by atoms with Crippen molar-refractivity contribution in [2.45, 2.75) is 134 Å². The van der Waals surface area contributed by atoms with Gasteiger partial charge in [-0.3, -0.25) is 39.9 Å². The number of nitriles is 4. The molecule has 4 aliphatic rings. The molecule has 4 fully saturated rings. The highest BCUT2D eigenvalue weighted by Gasteiger charge is 2.44. The average molecular weight is 1450 g/mol. The molecule has 8 aromatic rings. The fraction of sp³-hybridized carbons (Fsp3) is 0.433. The lowest BCUT2D eigenvalue weighted by Gasteiger charge is -2.39. The second-order valence-electron chi connectivity index (χ2n) is 25.7. The summed E-state index contributed by atoms with van der Waals surface area (Å²) >= 11 is 3.35. The van der Waals surface area contributed by atoms with Crippen molar-refractivity contribution in [3.05, 3.63) is 125 Å². The number of anilines is 3. The molecule has 33 heteroatoms. The Morgan fingerprint density at radius 2 is 0.780 bits per heavy atom. The van der Waals surface area contributed by atoms with Crippen LogP contribution in [0.2, 0.25) is 0 Å². The SMILES string of the molecule is C.CC(C)(C)OC(=O)NC1CN(c2ccc(C#N)c3nccnc23)CC(F)(F)C1.CC(C)(C)OC(=O)NC1CNCC(F)(F)C1.N#Cc1ccc(Br)c2nccnc12.N#Cc1ccc(N2CC(N)CC(F)(F)C2)c2nccnc12.N#Cc1ccc(N2CC(N)CC(F)(F)C2)c2nccnc12. The normalized spacial score (nSPS) is 19.6. The summed E-state index contributed by atoms with van der Waals surface area (Å²) in [4.78, 5) is 61.1. The Morgan fingerprint density at radius 1 is 0.480 bits per heavy atom. The molecule has 100 heavy (non-hydrogen) atoms. The Balaban J connectivity index is 0.000000179. The van der Waals surface area contributed by atoms with Crippen molar-refractivity contribution < 1.29 is 54.2 Å². The van der Waals surface area contributed by atoms with E-state index in [0.29, 0.717) is 97.6 Å². The molecular weight excluding hydrogens is 1380 g/mol. The molecule has 24 nitrogen and oxygen atoms in total. The van der Waals surface area contributed by atoms with E-state index in [-0.39, 0.29) is 39.8 Å². The Kier molecular flexibility index (Phi) is 25.0. The number of piperidine rings is 4. The van der Waals surface area contributed by atoms with Crippen LogP contribution in [0.4, 0.5) is 61.8 Å². The Hall–Kier alpha value is -10.1. The van der Waals surface area contributed by atoms with Gasteiger partial charge in [0.05, 0.1) is 77.6 Å². The van der Waals surface area contributed by atoms with Crippen molar-refractivity contribution in [2.75, 3.05) is 67.1 Å². The number of amides is 2. The van der Waals surface area contributed by atoms with E-state index in [0.717, 1.165) is 9.99 Å². The average Bonchev–Trinajstić information content (AvgIpc) is 0.790. The van der Waals surface area contributed by atoms with Crippen LogP contribution in [0.25, 0.3) is 44.1 Å². The molecule has 8 heterocycles. The van der Waals surface area contributed by atoms with Crippen LogP contribution in [0.5, 0.6) is 0 Å². The summed E-state index contributed by atoms with van der Waals surface area (Å²) in [7, 11) is 0. The van der Waals surface area contributed by atoms with E-state index in [9.17, 15) is 50.0 Å². The summed E-state index contributed by atoms with van der Waals surface area (Å²) in [6, 6.07) is 18.6. The van der Waals surface area contributed by atoms with Gasteiger partial charge in [-0.2, -0.15) is 21.0 Å². The van der Waals surface area contributed by atoms with Gasteiger partial charge in [-0.25, -0.2) is 44.7 Å². The molecule has 4 aromatic heterocycles. The summed E-state index contributed by atoms with van der Waals surface area (Å²) in [6.07, 6.45) is 9.14. The largest absolute Gasteiger partial charge is 0.444 e.